The van der Waals surface area contributed by atoms with Gasteiger partial charge < -0.3 is 15.0 Å². The standard InChI is InChI=1S/C15H18N2O2/c18-15(17-8-12-3-5-16-13(12)9-17)11-1-2-14-10(7-11)4-6-19-14/h1-2,7,12-13,16H,3-6,8-9H2/t12-,13+/m0/s1. The smallest absolute Gasteiger partial charge is 0.253 e. The van der Waals surface area contributed by atoms with Crippen molar-refractivity contribution in [2.24, 2.45) is 5.92 Å². The van der Waals surface area contributed by atoms with E-state index in [0.29, 0.717) is 12.0 Å². The minimum atomic E-state index is 0.172. The van der Waals surface area contributed by atoms with Crippen molar-refractivity contribution in [1.29, 1.82) is 0 Å². The van der Waals surface area contributed by atoms with E-state index < -0.39 is 0 Å². The van der Waals surface area contributed by atoms with Crippen LogP contribution in [0.5, 0.6) is 5.75 Å². The maximum atomic E-state index is 12.5. The van der Waals surface area contributed by atoms with E-state index in [1.807, 2.05) is 23.1 Å². The Labute approximate surface area is 112 Å². The van der Waals surface area contributed by atoms with Gasteiger partial charge in [-0.2, -0.15) is 0 Å². The zero-order valence-corrected chi connectivity index (χ0v) is 10.9. The van der Waals surface area contributed by atoms with Gasteiger partial charge in [-0.25, -0.2) is 0 Å². The number of benzene rings is 1. The summed E-state index contributed by atoms with van der Waals surface area (Å²) in [6, 6.07) is 6.35. The minimum Gasteiger partial charge on any atom is -0.493 e. The number of amides is 1. The largest absolute Gasteiger partial charge is 0.493 e. The molecule has 3 aliphatic heterocycles. The monoisotopic (exact) mass is 258 g/mol. The number of nitrogens with one attached hydrogen (secondary N) is 1. The maximum Gasteiger partial charge on any atom is 0.253 e. The highest BCUT2D eigenvalue weighted by Gasteiger charge is 2.38. The van der Waals surface area contributed by atoms with Crippen LogP contribution in [0.4, 0.5) is 0 Å². The van der Waals surface area contributed by atoms with Crippen LogP contribution in [0.25, 0.3) is 0 Å². The zero-order chi connectivity index (χ0) is 12.8. The van der Waals surface area contributed by atoms with Gasteiger partial charge in [0.25, 0.3) is 5.91 Å². The average Bonchev–Trinajstić information content (AvgIpc) is 3.11. The van der Waals surface area contributed by atoms with Gasteiger partial charge in [-0.05, 0) is 42.6 Å². The lowest BCUT2D eigenvalue weighted by molar-refractivity contribution is 0.0782. The molecule has 3 aliphatic rings. The van der Waals surface area contributed by atoms with Crippen molar-refractivity contribution >= 4 is 5.91 Å². The van der Waals surface area contributed by atoms with Crippen molar-refractivity contribution in [3.05, 3.63) is 29.3 Å². The first-order valence-corrected chi connectivity index (χ1v) is 7.09. The highest BCUT2D eigenvalue weighted by atomic mass is 16.5. The summed E-state index contributed by atoms with van der Waals surface area (Å²) in [5.41, 5.74) is 1.98. The van der Waals surface area contributed by atoms with Gasteiger partial charge in [0.2, 0.25) is 0 Å². The molecule has 100 valence electrons. The van der Waals surface area contributed by atoms with Crippen LogP contribution in [-0.4, -0.2) is 43.1 Å². The summed E-state index contributed by atoms with van der Waals surface area (Å²) in [6.45, 7) is 3.61. The van der Waals surface area contributed by atoms with Crippen LogP contribution in [0.3, 0.4) is 0 Å². The van der Waals surface area contributed by atoms with Gasteiger partial charge in [-0.3, -0.25) is 4.79 Å². The van der Waals surface area contributed by atoms with Crippen LogP contribution >= 0.6 is 0 Å². The van der Waals surface area contributed by atoms with E-state index in [0.717, 1.165) is 44.0 Å². The van der Waals surface area contributed by atoms with Gasteiger partial charge in [0, 0.05) is 31.1 Å². The minimum absolute atomic E-state index is 0.172. The fourth-order valence-electron chi connectivity index (χ4n) is 3.52. The van der Waals surface area contributed by atoms with Crippen molar-refractivity contribution in [3.8, 4) is 5.75 Å². The molecule has 0 aliphatic carbocycles. The quantitative estimate of drug-likeness (QED) is 0.819. The van der Waals surface area contributed by atoms with E-state index in [4.69, 9.17) is 4.74 Å². The highest BCUT2D eigenvalue weighted by Crippen LogP contribution is 2.29. The van der Waals surface area contributed by atoms with Gasteiger partial charge in [0.05, 0.1) is 6.61 Å². The lowest BCUT2D eigenvalue weighted by atomic mass is 10.1. The number of nitrogens with zero attached hydrogens (tertiary/aromatic N) is 1. The number of hydrogen-bond acceptors (Lipinski definition) is 3. The van der Waals surface area contributed by atoms with Gasteiger partial charge in [-0.1, -0.05) is 0 Å². The molecule has 1 amide bonds. The molecular formula is C15H18N2O2. The van der Waals surface area contributed by atoms with E-state index in [2.05, 4.69) is 5.32 Å². The Hall–Kier alpha value is -1.55. The summed E-state index contributed by atoms with van der Waals surface area (Å²) in [6.07, 6.45) is 2.12. The molecule has 0 spiro atoms. The van der Waals surface area contributed by atoms with Gasteiger partial charge in [0.15, 0.2) is 0 Å². The zero-order valence-electron chi connectivity index (χ0n) is 10.9. The van der Waals surface area contributed by atoms with Gasteiger partial charge in [0.1, 0.15) is 5.75 Å². The van der Waals surface area contributed by atoms with Crippen molar-refractivity contribution in [2.75, 3.05) is 26.2 Å². The predicted molar refractivity (Wildman–Crippen MR) is 71.4 cm³/mol. The van der Waals surface area contributed by atoms with Crippen LogP contribution in [0.15, 0.2) is 18.2 Å². The Morgan fingerprint density at radius 2 is 2.32 bits per heavy atom. The molecule has 4 rings (SSSR count). The molecule has 2 fully saturated rings. The second-order valence-electron chi connectivity index (χ2n) is 5.74. The summed E-state index contributed by atoms with van der Waals surface area (Å²) >= 11 is 0. The number of fused-ring (bicyclic) bond motifs is 2. The highest BCUT2D eigenvalue weighted by molar-refractivity contribution is 5.95. The third-order valence-corrected chi connectivity index (χ3v) is 4.59. The normalized spacial score (nSPS) is 28.1. The molecule has 0 radical (unpaired) electrons. The lowest BCUT2D eigenvalue weighted by Crippen LogP contribution is -2.33. The van der Waals surface area contributed by atoms with Crippen molar-refractivity contribution in [2.45, 2.75) is 18.9 Å². The number of carbonyl (C=O) groups excluding carboxylic acids is 1. The molecule has 0 saturated carbocycles. The number of hydrogen-bond donors (Lipinski definition) is 1. The van der Waals surface area contributed by atoms with Crippen molar-refractivity contribution in [1.82, 2.24) is 10.2 Å². The molecule has 19 heavy (non-hydrogen) atoms. The van der Waals surface area contributed by atoms with Crippen LogP contribution in [0, 0.1) is 5.92 Å². The molecule has 1 aromatic rings. The predicted octanol–water partition coefficient (Wildman–Crippen LogP) is 1.06. The van der Waals surface area contributed by atoms with E-state index in [9.17, 15) is 4.79 Å². The average molecular weight is 258 g/mol. The fraction of sp³-hybridized carbons (Fsp3) is 0.533. The second kappa shape index (κ2) is 4.23. The van der Waals surface area contributed by atoms with E-state index in [1.54, 1.807) is 0 Å². The topological polar surface area (TPSA) is 41.6 Å². The van der Waals surface area contributed by atoms with Crippen LogP contribution < -0.4 is 10.1 Å². The van der Waals surface area contributed by atoms with Crippen LogP contribution in [0.1, 0.15) is 22.3 Å². The first-order chi connectivity index (χ1) is 9.31. The Balaban J connectivity index is 1.54. The third kappa shape index (κ3) is 1.82. The summed E-state index contributed by atoms with van der Waals surface area (Å²) in [4.78, 5) is 14.5. The van der Waals surface area contributed by atoms with E-state index in [1.165, 1.54) is 12.0 Å². The number of likely N-dealkylation sites (tertiary alicyclic amines) is 1. The number of carbonyl (C=O) groups is 1. The van der Waals surface area contributed by atoms with Gasteiger partial charge in [-0.15, -0.1) is 0 Å². The SMILES string of the molecule is O=C(c1ccc2c(c1)CCO2)N1C[C@@H]2CCN[C@@H]2C1. The third-order valence-electron chi connectivity index (χ3n) is 4.59. The summed E-state index contributed by atoms with van der Waals surface area (Å²) < 4.78 is 5.48. The van der Waals surface area contributed by atoms with E-state index >= 15 is 0 Å². The fourth-order valence-corrected chi connectivity index (χ4v) is 3.52. The van der Waals surface area contributed by atoms with Crippen LogP contribution in [0.2, 0.25) is 0 Å². The Morgan fingerprint density at radius 1 is 1.37 bits per heavy atom. The molecule has 2 saturated heterocycles. The molecule has 0 unspecified atom stereocenters. The van der Waals surface area contributed by atoms with Crippen molar-refractivity contribution < 1.29 is 9.53 Å². The maximum absolute atomic E-state index is 12.5. The summed E-state index contributed by atoms with van der Waals surface area (Å²) in [5.74, 6) is 1.77. The Morgan fingerprint density at radius 3 is 3.21 bits per heavy atom. The molecule has 1 N–H and O–H groups in total. The first kappa shape index (κ1) is 11.3. The summed E-state index contributed by atoms with van der Waals surface area (Å²) in [5, 5.41) is 3.48. The molecule has 3 heterocycles. The second-order valence-corrected chi connectivity index (χ2v) is 5.74. The molecule has 4 nitrogen and oxygen atoms in total. The van der Waals surface area contributed by atoms with Crippen LogP contribution in [-0.2, 0) is 6.42 Å². The summed E-state index contributed by atoms with van der Waals surface area (Å²) in [7, 11) is 0. The Bertz CT molecular complexity index is 517. The molecular weight excluding hydrogens is 240 g/mol. The lowest BCUT2D eigenvalue weighted by Gasteiger charge is -2.17. The number of rotatable bonds is 1. The van der Waals surface area contributed by atoms with E-state index in [-0.39, 0.29) is 5.91 Å². The molecule has 0 aromatic heterocycles. The Kier molecular flexibility index (Phi) is 2.52. The molecule has 2 atom stereocenters. The molecule has 4 heteroatoms. The number of ether oxygens (including phenoxy) is 1. The molecule has 1 aromatic carbocycles. The van der Waals surface area contributed by atoms with Gasteiger partial charge >= 0.3 is 0 Å². The molecule has 0 bridgehead atoms. The first-order valence-electron chi connectivity index (χ1n) is 7.09. The van der Waals surface area contributed by atoms with Crippen molar-refractivity contribution in [3.63, 3.8) is 0 Å².